The molecule has 7 heteroatoms. The van der Waals surface area contributed by atoms with Gasteiger partial charge in [0.15, 0.2) is 0 Å². The molecule has 1 amide bonds. The van der Waals surface area contributed by atoms with Crippen LogP contribution in [0.5, 0.6) is 0 Å². The molecule has 0 saturated heterocycles. The zero-order valence-electron chi connectivity index (χ0n) is 10.4. The van der Waals surface area contributed by atoms with Gasteiger partial charge in [-0.1, -0.05) is 0 Å². The molecule has 2 heterocycles. The van der Waals surface area contributed by atoms with Crippen LogP contribution in [0.1, 0.15) is 11.3 Å². The fraction of sp³-hybridized carbons (Fsp3) is 0.364. The molecule has 0 aliphatic heterocycles. The van der Waals surface area contributed by atoms with Gasteiger partial charge in [0.05, 0.1) is 17.6 Å². The Hall–Kier alpha value is -2.31. The van der Waals surface area contributed by atoms with E-state index >= 15 is 0 Å². The summed E-state index contributed by atoms with van der Waals surface area (Å²) in [6.45, 7) is 2.73. The van der Waals surface area contributed by atoms with Crippen LogP contribution in [0.25, 0.3) is 0 Å². The predicted molar refractivity (Wildman–Crippen MR) is 66.7 cm³/mol. The van der Waals surface area contributed by atoms with E-state index in [4.69, 9.17) is 5.73 Å². The number of primary amides is 1. The summed E-state index contributed by atoms with van der Waals surface area (Å²) in [5, 5.41) is 11.5. The van der Waals surface area contributed by atoms with Gasteiger partial charge >= 0.3 is 0 Å². The smallest absolute Gasteiger partial charge is 0.239 e. The molecule has 0 atom stereocenters. The summed E-state index contributed by atoms with van der Waals surface area (Å²) in [5.41, 5.74) is 8.06. The summed E-state index contributed by atoms with van der Waals surface area (Å²) in [6.07, 6.45) is 5.38. The molecule has 0 fully saturated rings. The van der Waals surface area contributed by atoms with Gasteiger partial charge < -0.3 is 11.1 Å². The van der Waals surface area contributed by atoms with Crippen molar-refractivity contribution in [2.75, 3.05) is 5.32 Å². The third-order valence-corrected chi connectivity index (χ3v) is 2.55. The first-order valence-corrected chi connectivity index (χ1v) is 5.58. The molecule has 0 aliphatic rings. The van der Waals surface area contributed by atoms with E-state index in [1.165, 1.54) is 4.68 Å². The Morgan fingerprint density at radius 1 is 1.50 bits per heavy atom. The molecule has 0 aliphatic carbocycles. The van der Waals surface area contributed by atoms with Crippen molar-refractivity contribution in [2.24, 2.45) is 12.8 Å². The normalized spacial score (nSPS) is 10.6. The van der Waals surface area contributed by atoms with Crippen molar-refractivity contribution in [3.8, 4) is 0 Å². The third kappa shape index (κ3) is 2.88. The van der Waals surface area contributed by atoms with Crippen LogP contribution in [0.2, 0.25) is 0 Å². The molecule has 0 aromatic carbocycles. The Morgan fingerprint density at radius 2 is 2.28 bits per heavy atom. The van der Waals surface area contributed by atoms with Crippen molar-refractivity contribution in [3.05, 3.63) is 29.8 Å². The maximum Gasteiger partial charge on any atom is 0.239 e. The fourth-order valence-electron chi connectivity index (χ4n) is 1.72. The quantitative estimate of drug-likeness (QED) is 0.780. The lowest BCUT2D eigenvalue weighted by Gasteiger charge is -2.01. The average Bonchev–Trinajstić information content (AvgIpc) is 2.82. The van der Waals surface area contributed by atoms with Crippen LogP contribution in [0, 0.1) is 6.92 Å². The Labute approximate surface area is 105 Å². The lowest BCUT2D eigenvalue weighted by Crippen LogP contribution is -2.18. The second kappa shape index (κ2) is 4.91. The minimum absolute atomic E-state index is 0.0909. The summed E-state index contributed by atoms with van der Waals surface area (Å²) < 4.78 is 3.28. The molecule has 7 nitrogen and oxygen atoms in total. The highest BCUT2D eigenvalue weighted by molar-refractivity contribution is 5.73. The monoisotopic (exact) mass is 248 g/mol. The second-order valence-corrected chi connectivity index (χ2v) is 4.16. The van der Waals surface area contributed by atoms with Crippen molar-refractivity contribution in [2.45, 2.75) is 20.0 Å². The van der Waals surface area contributed by atoms with Crippen LogP contribution in [0.15, 0.2) is 18.6 Å². The van der Waals surface area contributed by atoms with Crippen molar-refractivity contribution in [3.63, 3.8) is 0 Å². The summed E-state index contributed by atoms with van der Waals surface area (Å²) in [5.74, 6) is -0.409. The average molecular weight is 248 g/mol. The molecule has 0 saturated carbocycles. The summed E-state index contributed by atoms with van der Waals surface area (Å²) in [7, 11) is 1.89. The van der Waals surface area contributed by atoms with Crippen LogP contribution in [-0.2, 0) is 24.9 Å². The SMILES string of the molecule is Cc1nn(C)cc1CNc1cnn(CC(N)=O)c1. The number of aromatic nitrogens is 4. The molecule has 2 rings (SSSR count). The first-order chi connectivity index (χ1) is 8.54. The Kier molecular flexibility index (Phi) is 3.31. The Morgan fingerprint density at radius 3 is 2.89 bits per heavy atom. The number of carbonyl (C=O) groups excluding carboxylic acids is 1. The first kappa shape index (κ1) is 12.2. The van der Waals surface area contributed by atoms with E-state index in [2.05, 4.69) is 15.5 Å². The van der Waals surface area contributed by atoms with E-state index in [-0.39, 0.29) is 6.54 Å². The molecule has 0 spiro atoms. The Bertz CT molecular complexity index is 556. The zero-order valence-corrected chi connectivity index (χ0v) is 10.4. The summed E-state index contributed by atoms with van der Waals surface area (Å²) in [4.78, 5) is 10.7. The highest BCUT2D eigenvalue weighted by Crippen LogP contribution is 2.10. The number of hydrogen-bond donors (Lipinski definition) is 2. The van der Waals surface area contributed by atoms with Gasteiger partial charge in [0.25, 0.3) is 0 Å². The van der Waals surface area contributed by atoms with Gasteiger partial charge in [0, 0.05) is 31.5 Å². The molecule has 0 radical (unpaired) electrons. The molecule has 2 aromatic heterocycles. The van der Waals surface area contributed by atoms with Gasteiger partial charge in [-0.3, -0.25) is 14.2 Å². The molecule has 2 aromatic rings. The Balaban J connectivity index is 1.96. The number of nitrogens with zero attached hydrogens (tertiary/aromatic N) is 4. The largest absolute Gasteiger partial charge is 0.378 e. The highest BCUT2D eigenvalue weighted by Gasteiger charge is 2.04. The predicted octanol–water partition coefficient (Wildman–Crippen LogP) is 0.0224. The first-order valence-electron chi connectivity index (χ1n) is 5.58. The topological polar surface area (TPSA) is 90.8 Å². The lowest BCUT2D eigenvalue weighted by molar-refractivity contribution is -0.118. The van der Waals surface area contributed by atoms with E-state index in [0.717, 1.165) is 16.9 Å². The molecule has 0 unspecified atom stereocenters. The van der Waals surface area contributed by atoms with E-state index in [1.54, 1.807) is 17.1 Å². The van der Waals surface area contributed by atoms with Gasteiger partial charge in [-0.2, -0.15) is 10.2 Å². The van der Waals surface area contributed by atoms with E-state index < -0.39 is 5.91 Å². The standard InChI is InChI=1S/C11H16N6O/c1-8-9(5-16(2)15-8)3-13-10-4-14-17(6-10)7-11(12)18/h4-6,13H,3,7H2,1-2H3,(H2,12,18). The highest BCUT2D eigenvalue weighted by atomic mass is 16.1. The number of anilines is 1. The number of amides is 1. The van der Waals surface area contributed by atoms with E-state index in [0.29, 0.717) is 6.54 Å². The van der Waals surface area contributed by atoms with Gasteiger partial charge in [-0.05, 0) is 6.92 Å². The summed E-state index contributed by atoms with van der Waals surface area (Å²) in [6, 6.07) is 0. The third-order valence-electron chi connectivity index (χ3n) is 2.55. The van der Waals surface area contributed by atoms with Crippen LogP contribution >= 0.6 is 0 Å². The minimum Gasteiger partial charge on any atom is -0.378 e. The fourth-order valence-corrected chi connectivity index (χ4v) is 1.72. The number of nitrogens with one attached hydrogen (secondary N) is 1. The molecule has 0 bridgehead atoms. The number of hydrogen-bond acceptors (Lipinski definition) is 4. The van der Waals surface area contributed by atoms with Crippen molar-refractivity contribution >= 4 is 11.6 Å². The van der Waals surface area contributed by atoms with Crippen LogP contribution in [0.4, 0.5) is 5.69 Å². The van der Waals surface area contributed by atoms with E-state index in [9.17, 15) is 4.79 Å². The molecular weight excluding hydrogens is 232 g/mol. The molecular formula is C11H16N6O. The summed E-state index contributed by atoms with van der Waals surface area (Å²) >= 11 is 0. The number of aryl methyl sites for hydroxylation is 2. The zero-order chi connectivity index (χ0) is 13.1. The maximum atomic E-state index is 10.7. The number of carbonyl (C=O) groups is 1. The van der Waals surface area contributed by atoms with Crippen LogP contribution in [-0.4, -0.2) is 25.5 Å². The van der Waals surface area contributed by atoms with Crippen molar-refractivity contribution in [1.29, 1.82) is 0 Å². The van der Waals surface area contributed by atoms with Crippen molar-refractivity contribution < 1.29 is 4.79 Å². The number of nitrogens with two attached hydrogens (primary N) is 1. The van der Waals surface area contributed by atoms with E-state index in [1.807, 2.05) is 20.2 Å². The molecule has 96 valence electrons. The van der Waals surface area contributed by atoms with Gasteiger partial charge in [-0.15, -0.1) is 0 Å². The lowest BCUT2D eigenvalue weighted by atomic mass is 10.2. The van der Waals surface area contributed by atoms with Gasteiger partial charge in [-0.25, -0.2) is 0 Å². The molecule has 18 heavy (non-hydrogen) atoms. The maximum absolute atomic E-state index is 10.7. The van der Waals surface area contributed by atoms with Crippen LogP contribution < -0.4 is 11.1 Å². The van der Waals surface area contributed by atoms with Gasteiger partial charge in [0.1, 0.15) is 6.54 Å². The minimum atomic E-state index is -0.409. The van der Waals surface area contributed by atoms with Gasteiger partial charge in [0.2, 0.25) is 5.91 Å². The van der Waals surface area contributed by atoms with Crippen molar-refractivity contribution in [1.82, 2.24) is 19.6 Å². The van der Waals surface area contributed by atoms with Crippen LogP contribution in [0.3, 0.4) is 0 Å². The molecule has 3 N–H and O–H groups in total. The second-order valence-electron chi connectivity index (χ2n) is 4.16. The number of rotatable bonds is 5.